The molecule has 27 heavy (non-hydrogen) atoms. The number of halogens is 4. The molecular weight excluding hydrogens is 408 g/mol. The Hall–Kier alpha value is -1.83. The summed E-state index contributed by atoms with van der Waals surface area (Å²) in [6.07, 6.45) is -6.93. The van der Waals surface area contributed by atoms with Crippen LogP contribution in [0.5, 0.6) is 0 Å². The number of hydrogen-bond acceptors (Lipinski definition) is 8. The van der Waals surface area contributed by atoms with Gasteiger partial charge >= 0.3 is 27.7 Å². The van der Waals surface area contributed by atoms with E-state index >= 15 is 0 Å². The van der Waals surface area contributed by atoms with Crippen molar-refractivity contribution >= 4 is 22.4 Å². The van der Waals surface area contributed by atoms with Gasteiger partial charge in [-0.15, -0.1) is 0 Å². The average molecular weight is 428 g/mol. The van der Waals surface area contributed by atoms with Crippen molar-refractivity contribution in [3.8, 4) is 0 Å². The monoisotopic (exact) mass is 428 g/mol. The number of unbranched alkanes of at least 4 members (excludes halogenated alkanes) is 1. The Morgan fingerprint density at radius 1 is 0.926 bits per heavy atom. The minimum atomic E-state index is -5.78. The highest BCUT2D eigenvalue weighted by atomic mass is 32.2. The molecular formula is C13H20F4O9S. The Kier molecular flexibility index (Phi) is 9.25. The van der Waals surface area contributed by atoms with E-state index in [2.05, 4.69) is 18.9 Å². The van der Waals surface area contributed by atoms with Gasteiger partial charge in [-0.05, 0) is 26.7 Å². The first kappa shape index (κ1) is 25.2. The van der Waals surface area contributed by atoms with Crippen LogP contribution in [0.3, 0.4) is 0 Å². The van der Waals surface area contributed by atoms with Crippen LogP contribution in [0.2, 0.25) is 0 Å². The average Bonchev–Trinajstić information content (AvgIpc) is 2.48. The van der Waals surface area contributed by atoms with Gasteiger partial charge in [-0.3, -0.25) is 4.55 Å². The second kappa shape index (κ2) is 9.92. The number of rotatable bonds is 10. The summed E-state index contributed by atoms with van der Waals surface area (Å²) in [5.74, 6) is -3.24. The molecule has 0 aromatic rings. The third-order valence-electron chi connectivity index (χ3n) is 3.06. The highest BCUT2D eigenvalue weighted by Gasteiger charge is 2.52. The third kappa shape index (κ3) is 9.08. The van der Waals surface area contributed by atoms with E-state index in [-0.39, 0.29) is 26.1 Å². The molecule has 0 spiro atoms. The van der Waals surface area contributed by atoms with Crippen molar-refractivity contribution in [2.24, 2.45) is 0 Å². The van der Waals surface area contributed by atoms with Crippen LogP contribution in [0.4, 0.5) is 27.2 Å². The molecule has 2 unspecified atom stereocenters. The number of carbonyl (C=O) groups excluding carboxylic acids is 2. The number of ether oxygens (including phenoxy) is 4. The van der Waals surface area contributed by atoms with Gasteiger partial charge in [0.05, 0.1) is 13.2 Å². The van der Waals surface area contributed by atoms with Gasteiger partial charge in [-0.25, -0.2) is 18.4 Å². The van der Waals surface area contributed by atoms with Gasteiger partial charge < -0.3 is 18.9 Å². The van der Waals surface area contributed by atoms with Crippen molar-refractivity contribution in [3.63, 3.8) is 0 Å². The van der Waals surface area contributed by atoms with E-state index in [0.717, 1.165) is 6.92 Å². The molecule has 0 aliphatic rings. The molecule has 0 bridgehead atoms. The Morgan fingerprint density at radius 2 is 1.30 bits per heavy atom. The fourth-order valence-corrected chi connectivity index (χ4v) is 1.72. The highest BCUT2D eigenvalue weighted by molar-refractivity contribution is 7.86. The molecule has 9 nitrogen and oxygen atoms in total. The molecule has 0 fully saturated rings. The number of alkyl halides is 4. The Labute approximate surface area is 152 Å². The zero-order valence-corrected chi connectivity index (χ0v) is 15.4. The first-order chi connectivity index (χ1) is 12.1. The summed E-state index contributed by atoms with van der Waals surface area (Å²) in [5.41, 5.74) is 0. The number of carbonyl (C=O) groups is 2. The molecule has 0 saturated carbocycles. The quantitative estimate of drug-likeness (QED) is 0.242. The molecule has 0 rings (SSSR count). The minimum Gasteiger partial charge on any atom is -0.434 e. The molecule has 0 radical (unpaired) electrons. The second-order valence-electron chi connectivity index (χ2n) is 5.42. The topological polar surface area (TPSA) is 125 Å². The molecule has 0 aromatic carbocycles. The zero-order valence-electron chi connectivity index (χ0n) is 14.6. The lowest BCUT2D eigenvalue weighted by molar-refractivity contribution is -0.103. The van der Waals surface area contributed by atoms with E-state index in [9.17, 15) is 35.6 Å². The Balaban J connectivity index is 4.00. The van der Waals surface area contributed by atoms with E-state index in [4.69, 9.17) is 4.55 Å². The van der Waals surface area contributed by atoms with Gasteiger partial charge in [0.15, 0.2) is 12.2 Å². The summed E-state index contributed by atoms with van der Waals surface area (Å²) >= 11 is 0. The van der Waals surface area contributed by atoms with Gasteiger partial charge in [-0.2, -0.15) is 17.2 Å². The molecule has 0 aliphatic heterocycles. The summed E-state index contributed by atoms with van der Waals surface area (Å²) in [4.78, 5) is 22.3. The van der Waals surface area contributed by atoms with Gasteiger partial charge in [0, 0.05) is 6.92 Å². The van der Waals surface area contributed by atoms with Crippen molar-refractivity contribution in [2.45, 2.75) is 57.0 Å². The van der Waals surface area contributed by atoms with E-state index in [1.807, 2.05) is 0 Å². The van der Waals surface area contributed by atoms with Crippen LogP contribution in [0, 0.1) is 0 Å². The maximum atomic E-state index is 13.1. The highest BCUT2D eigenvalue weighted by Crippen LogP contribution is 2.27. The molecule has 0 amide bonds. The lowest BCUT2D eigenvalue weighted by Gasteiger charge is -2.20. The second-order valence-corrected chi connectivity index (χ2v) is 6.91. The van der Waals surface area contributed by atoms with Gasteiger partial charge in [-0.1, -0.05) is 0 Å². The van der Waals surface area contributed by atoms with E-state index < -0.39 is 45.8 Å². The third-order valence-corrected chi connectivity index (χ3v) is 4.08. The fourth-order valence-electron chi connectivity index (χ4n) is 1.25. The van der Waals surface area contributed by atoms with Crippen LogP contribution < -0.4 is 0 Å². The fraction of sp³-hybridized carbons (Fsp3) is 0.846. The van der Waals surface area contributed by atoms with Crippen molar-refractivity contribution in [2.75, 3.05) is 13.2 Å². The lowest BCUT2D eigenvalue weighted by Crippen LogP contribution is -2.42. The van der Waals surface area contributed by atoms with Crippen LogP contribution in [-0.2, 0) is 29.1 Å². The zero-order chi connectivity index (χ0) is 21.5. The Bertz CT molecular complexity index is 603. The molecule has 1 N–H and O–H groups in total. The first-order valence-corrected chi connectivity index (χ1v) is 8.92. The van der Waals surface area contributed by atoms with Gasteiger partial charge in [0.25, 0.3) is 5.92 Å². The van der Waals surface area contributed by atoms with Crippen LogP contribution in [-0.4, -0.2) is 61.9 Å². The predicted octanol–water partition coefficient (Wildman–Crippen LogP) is 2.99. The normalized spacial score (nSPS) is 14.8. The molecule has 160 valence electrons. The maximum Gasteiger partial charge on any atom is 0.508 e. The smallest absolute Gasteiger partial charge is 0.434 e. The summed E-state index contributed by atoms with van der Waals surface area (Å²) in [6, 6.07) is 0. The minimum absolute atomic E-state index is 0.0743. The van der Waals surface area contributed by atoms with E-state index in [1.165, 1.54) is 0 Å². The molecule has 0 aromatic heterocycles. The van der Waals surface area contributed by atoms with Crippen molar-refractivity contribution in [3.05, 3.63) is 0 Å². The van der Waals surface area contributed by atoms with Crippen LogP contribution in [0.15, 0.2) is 0 Å². The molecule has 0 heterocycles. The molecule has 0 saturated heterocycles. The van der Waals surface area contributed by atoms with Crippen molar-refractivity contribution in [1.29, 1.82) is 0 Å². The van der Waals surface area contributed by atoms with Gasteiger partial charge in [0.1, 0.15) is 0 Å². The summed E-state index contributed by atoms with van der Waals surface area (Å²) in [5, 5.41) is -4.72. The first-order valence-electron chi connectivity index (χ1n) is 7.48. The van der Waals surface area contributed by atoms with Crippen molar-refractivity contribution < 1.29 is 59.1 Å². The van der Waals surface area contributed by atoms with Gasteiger partial charge in [0.2, 0.25) is 0 Å². The summed E-state index contributed by atoms with van der Waals surface area (Å²) < 4.78 is 98.3. The largest absolute Gasteiger partial charge is 0.508 e. The number of hydrogen-bond donors (Lipinski definition) is 1. The molecule has 0 aliphatic carbocycles. The van der Waals surface area contributed by atoms with Crippen LogP contribution >= 0.6 is 0 Å². The molecule has 14 heteroatoms. The van der Waals surface area contributed by atoms with Crippen LogP contribution in [0.1, 0.15) is 33.6 Å². The van der Waals surface area contributed by atoms with E-state index in [0.29, 0.717) is 13.8 Å². The molecule has 2 atom stereocenters. The van der Waals surface area contributed by atoms with Crippen molar-refractivity contribution in [1.82, 2.24) is 0 Å². The summed E-state index contributed by atoms with van der Waals surface area (Å²) in [6.45, 7) is 1.47. The Morgan fingerprint density at radius 3 is 1.63 bits per heavy atom. The van der Waals surface area contributed by atoms with Crippen LogP contribution in [0.25, 0.3) is 0 Å². The SMILES string of the molecule is CC(OC(=O)OCCCCOC(=O)OC(C)C(F)(F)S(=O)(=O)O)C(C)(F)F. The lowest BCUT2D eigenvalue weighted by atomic mass is 10.2. The standard InChI is InChI=1S/C13H20F4O9S/c1-8(12(3,14)15)25-10(18)23-6-4-5-7-24-11(19)26-9(2)13(16,17)27(20,21)22/h8-9H,4-7H2,1-3H3,(H,20,21,22). The summed E-state index contributed by atoms with van der Waals surface area (Å²) in [7, 11) is -5.78. The predicted molar refractivity (Wildman–Crippen MR) is 80.1 cm³/mol. The maximum absolute atomic E-state index is 13.1. The van der Waals surface area contributed by atoms with E-state index in [1.54, 1.807) is 0 Å².